The molecule has 0 aliphatic heterocycles. The van der Waals surface area contributed by atoms with Crippen molar-refractivity contribution in [3.05, 3.63) is 28.0 Å². The van der Waals surface area contributed by atoms with Crippen LogP contribution in [-0.2, 0) is 16.0 Å². The summed E-state index contributed by atoms with van der Waals surface area (Å²) in [5.41, 5.74) is 1.39. The van der Waals surface area contributed by atoms with Crippen LogP contribution in [-0.4, -0.2) is 21.8 Å². The van der Waals surface area contributed by atoms with E-state index < -0.39 is 11.8 Å². The van der Waals surface area contributed by atoms with Gasteiger partial charge >= 0.3 is 5.97 Å². The molecule has 0 spiro atoms. The maximum atomic E-state index is 10.9. The second kappa shape index (κ2) is 4.32. The minimum Gasteiger partial charge on any atom is -0.475 e. The van der Waals surface area contributed by atoms with Crippen LogP contribution in [0.2, 0.25) is 0 Å². The number of ketones is 1. The maximum Gasteiger partial charge on any atom is 0.372 e. The van der Waals surface area contributed by atoms with Crippen molar-refractivity contribution < 1.29 is 14.7 Å². The van der Waals surface area contributed by atoms with Crippen molar-refractivity contribution in [1.82, 2.24) is 4.98 Å². The number of pyridine rings is 1. The van der Waals surface area contributed by atoms with Gasteiger partial charge in [0.2, 0.25) is 5.78 Å². The first-order chi connectivity index (χ1) is 6.50. The highest BCUT2D eigenvalue weighted by molar-refractivity contribution is 9.10. The molecule has 0 bridgehead atoms. The summed E-state index contributed by atoms with van der Waals surface area (Å²) in [4.78, 5) is 25.1. The average molecular weight is 258 g/mol. The molecular formula is C9H8BrNO3. The van der Waals surface area contributed by atoms with E-state index in [9.17, 15) is 9.59 Å². The first-order valence-electron chi connectivity index (χ1n) is 3.88. The van der Waals surface area contributed by atoms with E-state index in [0.29, 0.717) is 10.2 Å². The van der Waals surface area contributed by atoms with Crippen LogP contribution in [0.4, 0.5) is 0 Å². The van der Waals surface area contributed by atoms with Gasteiger partial charge in [-0.2, -0.15) is 0 Å². The summed E-state index contributed by atoms with van der Waals surface area (Å²) < 4.78 is 0.659. The second-order valence-electron chi connectivity index (χ2n) is 2.85. The third-order valence-electron chi connectivity index (χ3n) is 1.62. The molecule has 0 saturated carbocycles. The molecule has 1 N–H and O–H groups in total. The number of Topliss-reactive ketones (excluding diaryl/α,β-unsaturated/α-hetero) is 1. The molecule has 0 atom stereocenters. The normalized spacial score (nSPS) is 9.86. The fourth-order valence-corrected chi connectivity index (χ4v) is 1.52. The summed E-state index contributed by atoms with van der Waals surface area (Å²) in [7, 11) is 0. The van der Waals surface area contributed by atoms with E-state index in [-0.39, 0.29) is 6.42 Å². The van der Waals surface area contributed by atoms with E-state index in [2.05, 4.69) is 20.9 Å². The summed E-state index contributed by atoms with van der Waals surface area (Å²) in [5.74, 6) is -2.29. The Labute approximate surface area is 89.1 Å². The van der Waals surface area contributed by atoms with E-state index in [1.54, 1.807) is 12.3 Å². The molecule has 0 aromatic carbocycles. The van der Waals surface area contributed by atoms with Crippen LogP contribution >= 0.6 is 15.9 Å². The molecule has 0 fully saturated rings. The molecule has 4 nitrogen and oxygen atoms in total. The van der Waals surface area contributed by atoms with Crippen LogP contribution in [0.1, 0.15) is 11.3 Å². The Morgan fingerprint density at radius 1 is 1.57 bits per heavy atom. The fraction of sp³-hybridized carbons (Fsp3) is 0.222. The zero-order chi connectivity index (χ0) is 10.7. The van der Waals surface area contributed by atoms with Crippen LogP contribution in [0.25, 0.3) is 0 Å². The van der Waals surface area contributed by atoms with Gasteiger partial charge in [-0.15, -0.1) is 0 Å². The van der Waals surface area contributed by atoms with Gasteiger partial charge in [0.25, 0.3) is 0 Å². The van der Waals surface area contributed by atoms with E-state index in [1.165, 1.54) is 0 Å². The van der Waals surface area contributed by atoms with Gasteiger partial charge in [0.05, 0.1) is 12.1 Å². The Balaban J connectivity index is 2.87. The topological polar surface area (TPSA) is 67.3 Å². The molecule has 74 valence electrons. The standard InChI is InChI=1S/C9H8BrNO3/c1-5-2-6(10)7(11-4-5)3-8(12)9(13)14/h2,4H,3H2,1H3,(H,13,14). The molecular weight excluding hydrogens is 250 g/mol. The van der Waals surface area contributed by atoms with Crippen molar-refractivity contribution in [2.24, 2.45) is 0 Å². The molecule has 1 heterocycles. The van der Waals surface area contributed by atoms with Gasteiger partial charge in [0.15, 0.2) is 0 Å². The number of hydrogen-bond donors (Lipinski definition) is 1. The molecule has 1 aromatic rings. The number of hydrogen-bond acceptors (Lipinski definition) is 3. The number of carbonyl (C=O) groups excluding carboxylic acids is 1. The average Bonchev–Trinajstić information content (AvgIpc) is 2.09. The van der Waals surface area contributed by atoms with Crippen LogP contribution < -0.4 is 0 Å². The minimum absolute atomic E-state index is 0.184. The summed E-state index contributed by atoms with van der Waals surface area (Å²) in [5, 5.41) is 8.40. The quantitative estimate of drug-likeness (QED) is 0.831. The first-order valence-corrected chi connectivity index (χ1v) is 4.67. The van der Waals surface area contributed by atoms with Crippen LogP contribution in [0.3, 0.4) is 0 Å². The van der Waals surface area contributed by atoms with Crippen molar-refractivity contribution in [3.8, 4) is 0 Å². The number of carboxylic acids is 1. The summed E-state index contributed by atoms with van der Waals surface area (Å²) in [6.07, 6.45) is 1.41. The van der Waals surface area contributed by atoms with Crippen molar-refractivity contribution >= 4 is 27.7 Å². The molecule has 5 heteroatoms. The van der Waals surface area contributed by atoms with Crippen molar-refractivity contribution in [3.63, 3.8) is 0 Å². The molecule has 0 saturated heterocycles. The molecule has 1 aromatic heterocycles. The third kappa shape index (κ3) is 2.63. The lowest BCUT2D eigenvalue weighted by Gasteiger charge is -2.01. The number of aromatic nitrogens is 1. The number of carbonyl (C=O) groups is 2. The highest BCUT2D eigenvalue weighted by Crippen LogP contribution is 2.16. The first kappa shape index (κ1) is 10.8. The lowest BCUT2D eigenvalue weighted by molar-refractivity contribution is -0.148. The van der Waals surface area contributed by atoms with Gasteiger partial charge in [-0.1, -0.05) is 0 Å². The van der Waals surface area contributed by atoms with Gasteiger partial charge in [0, 0.05) is 10.7 Å². The SMILES string of the molecule is Cc1cnc(CC(=O)C(=O)O)c(Br)c1. The Morgan fingerprint density at radius 3 is 2.71 bits per heavy atom. The van der Waals surface area contributed by atoms with Gasteiger partial charge in [-0.3, -0.25) is 9.78 Å². The van der Waals surface area contributed by atoms with Gasteiger partial charge < -0.3 is 5.11 Å². The van der Waals surface area contributed by atoms with Crippen LogP contribution in [0, 0.1) is 6.92 Å². The highest BCUT2D eigenvalue weighted by atomic mass is 79.9. The predicted molar refractivity (Wildman–Crippen MR) is 53.0 cm³/mol. The van der Waals surface area contributed by atoms with Gasteiger partial charge in [-0.25, -0.2) is 4.79 Å². The fourth-order valence-electron chi connectivity index (χ4n) is 0.920. The molecule has 1 rings (SSSR count). The largest absolute Gasteiger partial charge is 0.475 e. The Kier molecular flexibility index (Phi) is 3.35. The molecule has 0 radical (unpaired) electrons. The highest BCUT2D eigenvalue weighted by Gasteiger charge is 2.14. The summed E-state index contributed by atoms with van der Waals surface area (Å²) >= 11 is 3.22. The Hall–Kier alpha value is -1.23. The van der Waals surface area contributed by atoms with Crippen LogP contribution in [0.15, 0.2) is 16.7 Å². The zero-order valence-electron chi connectivity index (χ0n) is 7.45. The molecule has 0 amide bonds. The van der Waals surface area contributed by atoms with Crippen molar-refractivity contribution in [2.75, 3.05) is 0 Å². The molecule has 14 heavy (non-hydrogen) atoms. The smallest absolute Gasteiger partial charge is 0.372 e. The number of halogens is 1. The van der Waals surface area contributed by atoms with E-state index >= 15 is 0 Å². The Morgan fingerprint density at radius 2 is 2.21 bits per heavy atom. The maximum absolute atomic E-state index is 10.9. The van der Waals surface area contributed by atoms with Crippen molar-refractivity contribution in [1.29, 1.82) is 0 Å². The molecule has 0 aliphatic carbocycles. The predicted octanol–water partition coefficient (Wildman–Crippen LogP) is 1.35. The number of rotatable bonds is 3. The van der Waals surface area contributed by atoms with Crippen molar-refractivity contribution in [2.45, 2.75) is 13.3 Å². The summed E-state index contributed by atoms with van der Waals surface area (Å²) in [6, 6.07) is 1.79. The second-order valence-corrected chi connectivity index (χ2v) is 3.70. The van der Waals surface area contributed by atoms with Gasteiger partial charge in [0.1, 0.15) is 0 Å². The van der Waals surface area contributed by atoms with E-state index in [1.807, 2.05) is 6.92 Å². The zero-order valence-corrected chi connectivity index (χ0v) is 9.04. The summed E-state index contributed by atoms with van der Waals surface area (Å²) in [6.45, 7) is 1.86. The van der Waals surface area contributed by atoms with E-state index in [0.717, 1.165) is 5.56 Å². The lowest BCUT2D eigenvalue weighted by Crippen LogP contribution is -2.16. The lowest BCUT2D eigenvalue weighted by atomic mass is 10.2. The number of aliphatic carboxylic acids is 1. The number of aryl methyl sites for hydroxylation is 1. The van der Waals surface area contributed by atoms with Crippen LogP contribution in [0.5, 0.6) is 0 Å². The van der Waals surface area contributed by atoms with Gasteiger partial charge in [-0.05, 0) is 34.5 Å². The number of nitrogens with zero attached hydrogens (tertiary/aromatic N) is 1. The molecule has 0 aliphatic rings. The monoisotopic (exact) mass is 257 g/mol. The Bertz CT molecular complexity index is 390. The number of carboxylic acid groups (broad SMARTS) is 1. The third-order valence-corrected chi connectivity index (χ3v) is 2.31. The van der Waals surface area contributed by atoms with E-state index in [4.69, 9.17) is 5.11 Å². The molecule has 0 unspecified atom stereocenters. The minimum atomic E-state index is -1.43.